The van der Waals surface area contributed by atoms with Gasteiger partial charge in [-0.2, -0.15) is 0 Å². The van der Waals surface area contributed by atoms with Crippen LogP contribution in [0.4, 0.5) is 10.1 Å². The molecule has 0 spiro atoms. The van der Waals surface area contributed by atoms with Crippen molar-refractivity contribution in [1.29, 1.82) is 0 Å². The van der Waals surface area contributed by atoms with Gasteiger partial charge < -0.3 is 14.8 Å². The number of fused-ring (bicyclic) bond motifs is 1. The molecule has 1 amide bonds. The third kappa shape index (κ3) is 5.18. The second-order valence-electron chi connectivity index (χ2n) is 6.95. The van der Waals surface area contributed by atoms with Crippen molar-refractivity contribution in [3.8, 4) is 11.5 Å². The van der Waals surface area contributed by atoms with Crippen LogP contribution in [0.2, 0.25) is 0 Å². The molecule has 1 N–H and O–H groups in total. The zero-order valence-electron chi connectivity index (χ0n) is 17.8. The molecule has 0 saturated heterocycles. The van der Waals surface area contributed by atoms with Crippen LogP contribution in [0, 0.1) is 5.82 Å². The molecule has 0 aliphatic heterocycles. The van der Waals surface area contributed by atoms with Gasteiger partial charge in [0.25, 0.3) is 5.56 Å². The summed E-state index contributed by atoms with van der Waals surface area (Å²) in [6.07, 6.45) is 0. The van der Waals surface area contributed by atoms with Crippen molar-refractivity contribution in [3.05, 3.63) is 75.6 Å². The highest BCUT2D eigenvalue weighted by Gasteiger charge is 2.15. The van der Waals surface area contributed by atoms with Crippen molar-refractivity contribution in [2.24, 2.45) is 0 Å². The average molecular weight is 486 g/mol. The van der Waals surface area contributed by atoms with E-state index in [4.69, 9.17) is 9.47 Å². The van der Waals surface area contributed by atoms with Crippen molar-refractivity contribution >= 4 is 44.9 Å². The van der Waals surface area contributed by atoms with Gasteiger partial charge in [-0.05, 0) is 41.3 Å². The molecular formula is C23H20FN3O4S2. The van der Waals surface area contributed by atoms with E-state index < -0.39 is 0 Å². The van der Waals surface area contributed by atoms with Crippen molar-refractivity contribution in [3.63, 3.8) is 0 Å². The first-order chi connectivity index (χ1) is 16.0. The minimum atomic E-state index is -0.348. The van der Waals surface area contributed by atoms with E-state index in [1.54, 1.807) is 41.8 Å². The summed E-state index contributed by atoms with van der Waals surface area (Å²) in [6.45, 7) is 0.222. The van der Waals surface area contributed by atoms with Gasteiger partial charge in [0.05, 0.1) is 32.0 Å². The van der Waals surface area contributed by atoms with Gasteiger partial charge in [-0.3, -0.25) is 14.2 Å². The van der Waals surface area contributed by atoms with Gasteiger partial charge in [-0.1, -0.05) is 23.9 Å². The fraction of sp³-hybridized carbons (Fsp3) is 0.174. The van der Waals surface area contributed by atoms with Gasteiger partial charge in [-0.15, -0.1) is 11.3 Å². The minimum absolute atomic E-state index is 0.0415. The normalized spacial score (nSPS) is 10.9. The molecule has 2 aromatic heterocycles. The Kier molecular flexibility index (Phi) is 6.95. The summed E-state index contributed by atoms with van der Waals surface area (Å²) in [5, 5.41) is 5.03. The Labute approximate surface area is 197 Å². The lowest BCUT2D eigenvalue weighted by Crippen LogP contribution is -2.24. The SMILES string of the molecule is COc1ccc(NC(=O)CSc2nc3ccsc3c(=O)n2Cc2ccc(F)cc2)cc1OC. The summed E-state index contributed by atoms with van der Waals surface area (Å²) in [7, 11) is 3.06. The molecule has 2 heterocycles. The standard InChI is InChI=1S/C23H20FN3O4S2/c1-30-18-8-7-16(11-19(18)31-2)25-20(28)13-33-23-26-17-9-10-32-21(17)22(29)27(23)12-14-3-5-15(24)6-4-14/h3-11H,12-13H2,1-2H3,(H,25,28). The van der Waals surface area contributed by atoms with Crippen LogP contribution in [0.25, 0.3) is 10.2 Å². The zero-order chi connectivity index (χ0) is 23.4. The Bertz CT molecular complexity index is 1350. The lowest BCUT2D eigenvalue weighted by atomic mass is 10.2. The molecule has 0 radical (unpaired) electrons. The second-order valence-corrected chi connectivity index (χ2v) is 8.81. The molecule has 0 atom stereocenters. The number of benzene rings is 2. The number of methoxy groups -OCH3 is 2. The lowest BCUT2D eigenvalue weighted by Gasteiger charge is -2.13. The smallest absolute Gasteiger partial charge is 0.272 e. The molecule has 4 aromatic rings. The second kappa shape index (κ2) is 10.1. The Morgan fingerprint density at radius 3 is 2.61 bits per heavy atom. The number of rotatable bonds is 8. The van der Waals surface area contributed by atoms with Crippen molar-refractivity contribution in [2.75, 3.05) is 25.3 Å². The van der Waals surface area contributed by atoms with Crippen molar-refractivity contribution in [2.45, 2.75) is 11.7 Å². The topological polar surface area (TPSA) is 82.5 Å². The molecule has 10 heteroatoms. The summed E-state index contributed by atoms with van der Waals surface area (Å²) in [6, 6.07) is 12.8. The lowest BCUT2D eigenvalue weighted by molar-refractivity contribution is -0.113. The number of thiophene rings is 1. The van der Waals surface area contributed by atoms with Crippen LogP contribution in [-0.4, -0.2) is 35.4 Å². The maximum Gasteiger partial charge on any atom is 0.272 e. The molecule has 0 aliphatic rings. The Hall–Kier alpha value is -3.37. The number of hydrogen-bond acceptors (Lipinski definition) is 7. The minimum Gasteiger partial charge on any atom is -0.493 e. The number of ether oxygens (including phenoxy) is 2. The molecule has 0 saturated carbocycles. The van der Waals surface area contributed by atoms with E-state index >= 15 is 0 Å². The fourth-order valence-electron chi connectivity index (χ4n) is 3.19. The summed E-state index contributed by atoms with van der Waals surface area (Å²) in [5.74, 6) is 0.489. The first-order valence-corrected chi connectivity index (χ1v) is 11.7. The average Bonchev–Trinajstić information content (AvgIpc) is 3.30. The molecule has 2 aromatic carbocycles. The summed E-state index contributed by atoms with van der Waals surface area (Å²) < 4.78 is 25.8. The number of anilines is 1. The van der Waals surface area contributed by atoms with Crippen LogP contribution in [-0.2, 0) is 11.3 Å². The van der Waals surface area contributed by atoms with Gasteiger partial charge in [0, 0.05) is 11.8 Å². The summed E-state index contributed by atoms with van der Waals surface area (Å²) >= 11 is 2.48. The fourth-order valence-corrected chi connectivity index (χ4v) is 4.76. The highest BCUT2D eigenvalue weighted by Crippen LogP contribution is 2.30. The van der Waals surface area contributed by atoms with Crippen LogP contribution >= 0.6 is 23.1 Å². The number of aromatic nitrogens is 2. The molecule has 0 fully saturated rings. The quantitative estimate of drug-likeness (QED) is 0.294. The Balaban J connectivity index is 1.54. The Morgan fingerprint density at radius 2 is 1.88 bits per heavy atom. The predicted molar refractivity (Wildman–Crippen MR) is 128 cm³/mol. The number of carbonyl (C=O) groups is 1. The van der Waals surface area contributed by atoms with E-state index in [1.807, 2.05) is 0 Å². The summed E-state index contributed by atoms with van der Waals surface area (Å²) in [5.41, 5.74) is 1.71. The maximum atomic E-state index is 13.3. The van der Waals surface area contributed by atoms with Crippen LogP contribution < -0.4 is 20.3 Å². The van der Waals surface area contributed by atoms with E-state index in [0.717, 1.165) is 17.3 Å². The van der Waals surface area contributed by atoms with Crippen molar-refractivity contribution < 1.29 is 18.7 Å². The highest BCUT2D eigenvalue weighted by molar-refractivity contribution is 7.99. The molecule has 0 bridgehead atoms. The van der Waals surface area contributed by atoms with E-state index in [1.165, 1.54) is 42.3 Å². The number of nitrogens with one attached hydrogen (secondary N) is 1. The molecule has 4 rings (SSSR count). The van der Waals surface area contributed by atoms with Crippen LogP contribution in [0.3, 0.4) is 0 Å². The first-order valence-electron chi connectivity index (χ1n) is 9.85. The largest absolute Gasteiger partial charge is 0.493 e. The summed E-state index contributed by atoms with van der Waals surface area (Å²) in [4.78, 5) is 30.2. The molecule has 0 unspecified atom stereocenters. The van der Waals surface area contributed by atoms with Crippen LogP contribution in [0.15, 0.2) is 63.9 Å². The van der Waals surface area contributed by atoms with Gasteiger partial charge in [0.15, 0.2) is 16.7 Å². The number of hydrogen-bond donors (Lipinski definition) is 1. The number of nitrogens with zero attached hydrogens (tertiary/aromatic N) is 2. The third-order valence-electron chi connectivity index (χ3n) is 4.78. The van der Waals surface area contributed by atoms with Crippen molar-refractivity contribution in [1.82, 2.24) is 9.55 Å². The third-order valence-corrected chi connectivity index (χ3v) is 6.65. The van der Waals surface area contributed by atoms with E-state index in [-0.39, 0.29) is 29.6 Å². The van der Waals surface area contributed by atoms with Gasteiger partial charge in [0.1, 0.15) is 10.5 Å². The number of carbonyl (C=O) groups excluding carboxylic acids is 1. The Morgan fingerprint density at radius 1 is 1.12 bits per heavy atom. The van der Waals surface area contributed by atoms with E-state index in [9.17, 15) is 14.0 Å². The van der Waals surface area contributed by atoms with Crippen LogP contribution in [0.5, 0.6) is 11.5 Å². The van der Waals surface area contributed by atoms with E-state index in [0.29, 0.717) is 32.6 Å². The van der Waals surface area contributed by atoms with Crippen LogP contribution in [0.1, 0.15) is 5.56 Å². The zero-order valence-corrected chi connectivity index (χ0v) is 19.5. The highest BCUT2D eigenvalue weighted by atomic mass is 32.2. The monoisotopic (exact) mass is 485 g/mol. The first kappa shape index (κ1) is 22.8. The molecule has 7 nitrogen and oxygen atoms in total. The number of amides is 1. The van der Waals surface area contributed by atoms with Gasteiger partial charge in [-0.25, -0.2) is 9.37 Å². The molecular weight excluding hydrogens is 465 g/mol. The molecule has 0 aliphatic carbocycles. The van der Waals surface area contributed by atoms with Gasteiger partial charge in [0.2, 0.25) is 5.91 Å². The van der Waals surface area contributed by atoms with E-state index in [2.05, 4.69) is 10.3 Å². The number of thioether (sulfide) groups is 1. The maximum absolute atomic E-state index is 13.3. The molecule has 33 heavy (non-hydrogen) atoms. The molecule has 170 valence electrons. The van der Waals surface area contributed by atoms with Gasteiger partial charge >= 0.3 is 0 Å². The number of halogens is 1. The predicted octanol–water partition coefficient (Wildman–Crippen LogP) is 4.39.